The second-order valence-corrected chi connectivity index (χ2v) is 6.87. The number of anilines is 1. The number of benzene rings is 2. The van der Waals surface area contributed by atoms with E-state index in [1.165, 1.54) is 30.0 Å². The summed E-state index contributed by atoms with van der Waals surface area (Å²) in [6, 6.07) is 15.5. The molecule has 2 aromatic carbocycles. The maximum atomic E-state index is 11.9. The van der Waals surface area contributed by atoms with Gasteiger partial charge in [-0.05, 0) is 17.7 Å². The predicted octanol–water partition coefficient (Wildman–Crippen LogP) is 2.81. The van der Waals surface area contributed by atoms with E-state index in [1.54, 1.807) is 6.07 Å². The monoisotopic (exact) mass is 337 g/mol. The number of para-hydroxylation sites is 1. The first kappa shape index (κ1) is 16.5. The average Bonchev–Trinajstić information content (AvgIpc) is 2.48. The molecule has 0 heterocycles. The van der Waals surface area contributed by atoms with Crippen molar-refractivity contribution in [1.82, 2.24) is 0 Å². The van der Waals surface area contributed by atoms with Crippen molar-refractivity contribution < 1.29 is 17.8 Å². The molecule has 0 unspecified atom stereocenters. The van der Waals surface area contributed by atoms with Crippen molar-refractivity contribution in [2.45, 2.75) is 10.6 Å². The lowest BCUT2D eigenvalue weighted by Gasteiger charge is -2.08. The summed E-state index contributed by atoms with van der Waals surface area (Å²) in [5.74, 6) is 0.556. The van der Waals surface area contributed by atoms with Gasteiger partial charge in [-0.2, -0.15) is 8.42 Å². The molecule has 0 atom stereocenters. The summed E-state index contributed by atoms with van der Waals surface area (Å²) in [4.78, 5) is 11.6. The van der Waals surface area contributed by atoms with Crippen LogP contribution in [0.3, 0.4) is 0 Å². The van der Waals surface area contributed by atoms with E-state index in [-0.39, 0.29) is 22.2 Å². The van der Waals surface area contributed by atoms with Gasteiger partial charge in [0.05, 0.1) is 11.4 Å². The van der Waals surface area contributed by atoms with Crippen LogP contribution in [-0.2, 0) is 20.7 Å². The number of rotatable bonds is 6. The highest BCUT2D eigenvalue weighted by atomic mass is 32.2. The Morgan fingerprint density at radius 2 is 1.68 bits per heavy atom. The SMILES string of the molecule is O=C(CSCc1ccccc1)Nc1ccccc1S(=O)(=O)O. The van der Waals surface area contributed by atoms with Gasteiger partial charge in [0.15, 0.2) is 0 Å². The van der Waals surface area contributed by atoms with Crippen molar-refractivity contribution >= 4 is 33.5 Å². The Morgan fingerprint density at radius 1 is 1.05 bits per heavy atom. The molecule has 2 N–H and O–H groups in total. The first-order valence-corrected chi connectivity index (χ1v) is 9.04. The number of amides is 1. The molecule has 2 rings (SSSR count). The minimum atomic E-state index is -4.36. The van der Waals surface area contributed by atoms with Gasteiger partial charge >= 0.3 is 0 Å². The Labute approximate surface area is 133 Å². The van der Waals surface area contributed by atoms with Gasteiger partial charge < -0.3 is 5.32 Å². The third-order valence-corrected chi connectivity index (χ3v) is 4.70. The van der Waals surface area contributed by atoms with Gasteiger partial charge in [0.25, 0.3) is 10.1 Å². The van der Waals surface area contributed by atoms with Crippen LogP contribution in [-0.4, -0.2) is 24.6 Å². The van der Waals surface area contributed by atoms with Crippen molar-refractivity contribution in [3.05, 3.63) is 60.2 Å². The fourth-order valence-electron chi connectivity index (χ4n) is 1.82. The van der Waals surface area contributed by atoms with Crippen LogP contribution in [0, 0.1) is 0 Å². The van der Waals surface area contributed by atoms with Gasteiger partial charge in [-0.15, -0.1) is 11.8 Å². The van der Waals surface area contributed by atoms with Crippen LogP contribution in [0.4, 0.5) is 5.69 Å². The second kappa shape index (κ2) is 7.44. The lowest BCUT2D eigenvalue weighted by atomic mass is 10.2. The molecule has 0 radical (unpaired) electrons. The van der Waals surface area contributed by atoms with E-state index in [9.17, 15) is 13.2 Å². The molecule has 22 heavy (non-hydrogen) atoms. The van der Waals surface area contributed by atoms with E-state index >= 15 is 0 Å². The summed E-state index contributed by atoms with van der Waals surface area (Å²) in [5, 5.41) is 2.50. The zero-order chi connectivity index (χ0) is 16.0. The Balaban J connectivity index is 1.93. The minimum absolute atomic E-state index is 0.0790. The van der Waals surface area contributed by atoms with E-state index in [0.717, 1.165) is 5.56 Å². The van der Waals surface area contributed by atoms with Crippen molar-refractivity contribution in [2.24, 2.45) is 0 Å². The maximum absolute atomic E-state index is 11.9. The molecule has 7 heteroatoms. The summed E-state index contributed by atoms with van der Waals surface area (Å²) in [6.45, 7) is 0. The normalized spacial score (nSPS) is 11.1. The molecule has 0 aliphatic heterocycles. The third-order valence-electron chi connectivity index (χ3n) is 2.78. The molecule has 116 valence electrons. The smallest absolute Gasteiger partial charge is 0.296 e. The molecular formula is C15H15NO4S2. The van der Waals surface area contributed by atoms with E-state index in [0.29, 0.717) is 5.75 Å². The molecule has 0 spiro atoms. The summed E-state index contributed by atoms with van der Waals surface area (Å²) in [6.07, 6.45) is 0. The molecule has 0 bridgehead atoms. The highest BCUT2D eigenvalue weighted by molar-refractivity contribution is 7.99. The first-order valence-electron chi connectivity index (χ1n) is 6.45. The van der Waals surface area contributed by atoms with Crippen LogP contribution in [0.15, 0.2) is 59.5 Å². The average molecular weight is 337 g/mol. The van der Waals surface area contributed by atoms with Crippen LogP contribution in [0.5, 0.6) is 0 Å². The summed E-state index contributed by atoms with van der Waals surface area (Å²) < 4.78 is 31.6. The quantitative estimate of drug-likeness (QED) is 0.792. The largest absolute Gasteiger partial charge is 0.324 e. The number of thioether (sulfide) groups is 1. The molecule has 0 aliphatic carbocycles. The molecule has 0 saturated heterocycles. The maximum Gasteiger partial charge on any atom is 0.296 e. The second-order valence-electron chi connectivity index (χ2n) is 4.50. The summed E-state index contributed by atoms with van der Waals surface area (Å²) >= 11 is 1.42. The van der Waals surface area contributed by atoms with Crippen LogP contribution in [0.1, 0.15) is 5.56 Å². The fraction of sp³-hybridized carbons (Fsp3) is 0.133. The first-order chi connectivity index (χ1) is 10.5. The van der Waals surface area contributed by atoms with Crippen LogP contribution in [0.25, 0.3) is 0 Å². The van der Waals surface area contributed by atoms with Gasteiger partial charge in [0.2, 0.25) is 5.91 Å². The van der Waals surface area contributed by atoms with Gasteiger partial charge in [-0.25, -0.2) is 0 Å². The van der Waals surface area contributed by atoms with Crippen LogP contribution >= 0.6 is 11.8 Å². The van der Waals surface area contributed by atoms with Gasteiger partial charge in [-0.3, -0.25) is 9.35 Å². The molecule has 0 fully saturated rings. The Morgan fingerprint density at radius 3 is 2.36 bits per heavy atom. The highest BCUT2D eigenvalue weighted by Crippen LogP contribution is 2.21. The number of nitrogens with one attached hydrogen (secondary N) is 1. The van der Waals surface area contributed by atoms with Gasteiger partial charge in [0.1, 0.15) is 4.90 Å². The van der Waals surface area contributed by atoms with Crippen LogP contribution in [0.2, 0.25) is 0 Å². The number of carbonyl (C=O) groups is 1. The molecule has 5 nitrogen and oxygen atoms in total. The lowest BCUT2D eigenvalue weighted by Crippen LogP contribution is -2.16. The zero-order valence-corrected chi connectivity index (χ0v) is 13.2. The zero-order valence-electron chi connectivity index (χ0n) is 11.6. The Hall–Kier alpha value is -1.83. The van der Waals surface area contributed by atoms with E-state index in [1.807, 2.05) is 30.3 Å². The summed E-state index contributed by atoms with van der Waals surface area (Å²) in [5.41, 5.74) is 1.19. The third kappa shape index (κ3) is 4.87. The van der Waals surface area contributed by atoms with Crippen LogP contribution < -0.4 is 5.32 Å². The van der Waals surface area contributed by atoms with Crippen molar-refractivity contribution in [3.8, 4) is 0 Å². The molecule has 0 aliphatic rings. The van der Waals surface area contributed by atoms with Gasteiger partial charge in [-0.1, -0.05) is 42.5 Å². The summed E-state index contributed by atoms with van der Waals surface area (Å²) in [7, 11) is -4.36. The fourth-order valence-corrected chi connectivity index (χ4v) is 3.25. The molecule has 0 aromatic heterocycles. The number of carbonyl (C=O) groups excluding carboxylic acids is 1. The van der Waals surface area contributed by atoms with Crippen molar-refractivity contribution in [3.63, 3.8) is 0 Å². The topological polar surface area (TPSA) is 83.5 Å². The van der Waals surface area contributed by atoms with Gasteiger partial charge in [0, 0.05) is 5.75 Å². The molecule has 1 amide bonds. The standard InChI is InChI=1S/C15H15NO4S2/c17-15(11-21-10-12-6-2-1-3-7-12)16-13-8-4-5-9-14(13)22(18,19)20/h1-9H,10-11H2,(H,16,17)(H,18,19,20). The van der Waals surface area contributed by atoms with Crippen molar-refractivity contribution in [2.75, 3.05) is 11.1 Å². The highest BCUT2D eigenvalue weighted by Gasteiger charge is 2.16. The van der Waals surface area contributed by atoms with Crippen molar-refractivity contribution in [1.29, 1.82) is 0 Å². The molecule has 2 aromatic rings. The lowest BCUT2D eigenvalue weighted by molar-refractivity contribution is -0.113. The number of hydrogen-bond acceptors (Lipinski definition) is 4. The number of hydrogen-bond donors (Lipinski definition) is 2. The predicted molar refractivity (Wildman–Crippen MR) is 87.5 cm³/mol. The van der Waals surface area contributed by atoms with E-state index < -0.39 is 10.1 Å². The Kier molecular flexibility index (Phi) is 5.59. The molecular weight excluding hydrogens is 322 g/mol. The Bertz CT molecular complexity index is 745. The minimum Gasteiger partial charge on any atom is -0.324 e. The van der Waals surface area contributed by atoms with E-state index in [2.05, 4.69) is 5.32 Å². The van der Waals surface area contributed by atoms with E-state index in [4.69, 9.17) is 4.55 Å². The molecule has 0 saturated carbocycles.